The van der Waals surface area contributed by atoms with Crippen LogP contribution in [0.5, 0.6) is 11.5 Å². The normalized spacial score (nSPS) is 11.1. The van der Waals surface area contributed by atoms with Gasteiger partial charge in [0.2, 0.25) is 12.7 Å². The quantitative estimate of drug-likeness (QED) is 0.397. The van der Waals surface area contributed by atoms with Gasteiger partial charge in [-0.3, -0.25) is 4.79 Å². The molecule has 34 heavy (non-hydrogen) atoms. The Labute approximate surface area is 212 Å². The molecule has 6 heteroatoms. The molecule has 4 nitrogen and oxygen atoms in total. The van der Waals surface area contributed by atoms with Gasteiger partial charge in [-0.05, 0) is 48.5 Å². The highest BCUT2D eigenvalue weighted by Crippen LogP contribution is 2.34. The van der Waals surface area contributed by atoms with Crippen LogP contribution in [0.25, 0.3) is 0 Å². The average Bonchev–Trinajstić information content (AvgIpc) is 3.35. The van der Waals surface area contributed by atoms with E-state index in [4.69, 9.17) is 9.47 Å². The predicted molar refractivity (Wildman–Crippen MR) is 138 cm³/mol. The Bertz CT molecular complexity index is 1080. The first-order valence-corrected chi connectivity index (χ1v) is 12.5. The maximum atomic E-state index is 11.1. The lowest BCUT2D eigenvalue weighted by molar-refractivity contribution is -0.115. The van der Waals surface area contributed by atoms with Gasteiger partial charge in [0, 0.05) is 18.2 Å². The molecule has 174 valence electrons. The minimum Gasteiger partial charge on any atom is -1.00 e. The van der Waals surface area contributed by atoms with Crippen molar-refractivity contribution in [2.75, 3.05) is 12.1 Å². The van der Waals surface area contributed by atoms with E-state index in [1.54, 1.807) is 18.2 Å². The van der Waals surface area contributed by atoms with Crippen LogP contribution in [-0.2, 0) is 4.79 Å². The lowest BCUT2D eigenvalue weighted by atomic mass is 10.2. The second-order valence-electron chi connectivity index (χ2n) is 7.44. The van der Waals surface area contributed by atoms with Crippen LogP contribution in [0, 0.1) is 0 Å². The predicted octanol–water partition coefficient (Wildman–Crippen LogP) is 1.94. The summed E-state index contributed by atoms with van der Waals surface area (Å²) in [5.41, 5.74) is 0.737. The number of carbonyl (C=O) groups excluding carboxylic acids is 1. The molecule has 1 aliphatic rings. The van der Waals surface area contributed by atoms with Gasteiger partial charge in [-0.2, -0.15) is 0 Å². The van der Waals surface area contributed by atoms with Gasteiger partial charge in [-0.1, -0.05) is 61.5 Å². The molecule has 0 unspecified atom stereocenters. The molecule has 0 atom stereocenters. The monoisotopic (exact) mass is 535 g/mol. The van der Waals surface area contributed by atoms with Gasteiger partial charge in [0.25, 0.3) is 0 Å². The van der Waals surface area contributed by atoms with Crippen LogP contribution in [-0.4, -0.2) is 12.7 Å². The zero-order valence-corrected chi connectivity index (χ0v) is 21.5. The maximum absolute atomic E-state index is 11.1. The van der Waals surface area contributed by atoms with Crippen LogP contribution >= 0.6 is 7.92 Å². The van der Waals surface area contributed by atoms with Crippen molar-refractivity contribution in [1.29, 1.82) is 0 Å². The van der Waals surface area contributed by atoms with Gasteiger partial charge in [-0.15, -0.1) is 0 Å². The van der Waals surface area contributed by atoms with Crippen molar-refractivity contribution in [2.45, 2.75) is 13.3 Å². The van der Waals surface area contributed by atoms with Crippen molar-refractivity contribution in [3.05, 3.63) is 109 Å². The Morgan fingerprint density at radius 3 is 1.68 bits per heavy atom. The first-order chi connectivity index (χ1) is 16.2. The van der Waals surface area contributed by atoms with Crippen LogP contribution in [0.4, 0.5) is 5.69 Å². The summed E-state index contributed by atoms with van der Waals surface area (Å²) in [5.74, 6) is 1.39. The molecule has 4 aromatic rings. The molecule has 1 N–H and O–H groups in total. The van der Waals surface area contributed by atoms with E-state index in [9.17, 15) is 4.79 Å². The number of carbonyl (C=O) groups is 1. The molecule has 1 aliphatic heterocycles. The van der Waals surface area contributed by atoms with Crippen molar-refractivity contribution in [3.63, 3.8) is 0 Å². The van der Waals surface area contributed by atoms with Crippen molar-refractivity contribution in [1.82, 2.24) is 0 Å². The average molecular weight is 536 g/mol. The number of anilines is 1. The Morgan fingerprint density at radius 2 is 1.21 bits per heavy atom. The number of nitrogens with one attached hydrogen (secondary N) is 1. The van der Waals surface area contributed by atoms with E-state index in [0.29, 0.717) is 12.2 Å². The number of hydrogen-bond acceptors (Lipinski definition) is 3. The van der Waals surface area contributed by atoms with Gasteiger partial charge in [-0.25, -0.2) is 0 Å². The van der Waals surface area contributed by atoms with E-state index >= 15 is 0 Å². The first-order valence-electron chi connectivity index (χ1n) is 11.0. The molecule has 0 aliphatic carbocycles. The molecule has 0 saturated carbocycles. The summed E-state index contributed by atoms with van der Waals surface area (Å²) in [6.07, 6.45) is 0.467. The zero-order chi connectivity index (χ0) is 22.9. The molecule has 0 fully saturated rings. The van der Waals surface area contributed by atoms with Crippen molar-refractivity contribution >= 4 is 35.4 Å². The standard InChI is InChI=1S/C18H15P.C10H11NO3.BrH/c1-4-10-16(11-5-1)19(17-12-6-2-7-13-17)18-14-8-3-9-15-18;1-2-10(12)11-7-3-4-8-9(5-7)14-6-13-8;/h1-15H;3-5H,2,6H2,1H3,(H,11,12);1H. The largest absolute Gasteiger partial charge is 1.00 e. The van der Waals surface area contributed by atoms with Crippen LogP contribution in [0.15, 0.2) is 109 Å². The molecule has 5 rings (SSSR count). The Kier molecular flexibility index (Phi) is 9.69. The lowest BCUT2D eigenvalue weighted by Gasteiger charge is -2.10. The molecule has 0 aromatic heterocycles. The fraction of sp³-hybridized carbons (Fsp3) is 0.107. The molecular formula is C28H27BrNO3P. The smallest absolute Gasteiger partial charge is 0.231 e. The summed E-state index contributed by atoms with van der Waals surface area (Å²) >= 11 is 0. The summed E-state index contributed by atoms with van der Waals surface area (Å²) in [5, 5.41) is 7.05. The van der Waals surface area contributed by atoms with Gasteiger partial charge < -0.3 is 31.8 Å². The highest BCUT2D eigenvalue weighted by atomic mass is 79.9. The topological polar surface area (TPSA) is 47.6 Å². The highest BCUT2D eigenvalue weighted by Gasteiger charge is 2.24. The van der Waals surface area contributed by atoms with Gasteiger partial charge >= 0.3 is 0 Å². The van der Waals surface area contributed by atoms with Crippen LogP contribution in [0.2, 0.25) is 0 Å². The van der Waals surface area contributed by atoms with Gasteiger partial charge in [0.05, 0.1) is 7.92 Å². The van der Waals surface area contributed by atoms with Crippen molar-refractivity contribution < 1.29 is 31.2 Å². The third kappa shape index (κ3) is 6.69. The molecule has 1 heterocycles. The highest BCUT2D eigenvalue weighted by molar-refractivity contribution is 7.79. The molecule has 1 amide bonds. The number of fused-ring (bicyclic) bond motifs is 1. The number of ether oxygens (including phenoxy) is 2. The number of halogens is 1. The van der Waals surface area contributed by atoms with E-state index in [1.165, 1.54) is 15.9 Å². The van der Waals surface area contributed by atoms with Gasteiger partial charge in [0.1, 0.15) is 15.9 Å². The minimum atomic E-state index is -0.877. The third-order valence-electron chi connectivity index (χ3n) is 5.16. The summed E-state index contributed by atoms with van der Waals surface area (Å²) < 4.78 is 10.3. The zero-order valence-electron chi connectivity index (χ0n) is 18.9. The second-order valence-corrected chi connectivity index (χ2v) is 9.92. The number of benzene rings is 4. The fourth-order valence-corrected chi connectivity index (χ4v) is 6.12. The molecule has 0 radical (unpaired) electrons. The number of hydrogen-bond donors (Lipinski definition) is 1. The summed E-state index contributed by atoms with van der Waals surface area (Å²) in [4.78, 5) is 11.1. The fourth-order valence-electron chi connectivity index (χ4n) is 3.54. The van der Waals surface area contributed by atoms with E-state index in [1.807, 2.05) is 6.92 Å². The van der Waals surface area contributed by atoms with Crippen molar-refractivity contribution in [3.8, 4) is 11.5 Å². The minimum absolute atomic E-state index is 0. The molecule has 0 saturated heterocycles. The van der Waals surface area contributed by atoms with Crippen LogP contribution in [0.1, 0.15) is 13.3 Å². The van der Waals surface area contributed by atoms with Gasteiger partial charge in [0.15, 0.2) is 11.5 Å². The van der Waals surface area contributed by atoms with Crippen LogP contribution in [0.3, 0.4) is 0 Å². The molecule has 0 spiro atoms. The number of amides is 1. The van der Waals surface area contributed by atoms with E-state index in [-0.39, 0.29) is 29.7 Å². The molecular weight excluding hydrogens is 509 g/mol. The summed E-state index contributed by atoms with van der Waals surface area (Å²) in [6.45, 7) is 2.06. The second kappa shape index (κ2) is 12.9. The molecule has 4 aromatic carbocycles. The van der Waals surface area contributed by atoms with Crippen molar-refractivity contribution in [2.24, 2.45) is 0 Å². The Balaban J connectivity index is 0.000000193. The Morgan fingerprint density at radius 1 is 0.735 bits per heavy atom. The third-order valence-corrected chi connectivity index (χ3v) is 7.90. The van der Waals surface area contributed by atoms with Crippen LogP contribution < -0.4 is 47.7 Å². The SMILES string of the molecule is CCC(=O)Nc1ccc2c(c1)OCO2.[Br-].c1ccc([PH+](c2ccccc2)c2ccccc2)cc1. The summed E-state index contributed by atoms with van der Waals surface area (Å²) in [7, 11) is -0.877. The van der Waals surface area contributed by atoms with E-state index in [0.717, 1.165) is 11.4 Å². The van der Waals surface area contributed by atoms with E-state index in [2.05, 4.69) is 96.3 Å². The number of rotatable bonds is 5. The lowest BCUT2D eigenvalue weighted by Crippen LogP contribution is -3.00. The Hall–Kier alpha value is -3.14. The molecule has 0 bridgehead atoms. The van der Waals surface area contributed by atoms with E-state index < -0.39 is 7.92 Å². The summed E-state index contributed by atoms with van der Waals surface area (Å²) in [6, 6.07) is 37.8. The maximum Gasteiger partial charge on any atom is 0.231 e. The first kappa shape index (κ1) is 25.5.